The number of carboxylic acid groups (broad SMARTS) is 1. The predicted molar refractivity (Wildman–Crippen MR) is 110 cm³/mol. The summed E-state index contributed by atoms with van der Waals surface area (Å²) in [6, 6.07) is 0. The van der Waals surface area contributed by atoms with E-state index in [1.165, 1.54) is 0 Å². The average Bonchev–Trinajstić information content (AvgIpc) is 3.00. The predicted octanol–water partition coefficient (Wildman–Crippen LogP) is 3.45. The van der Waals surface area contributed by atoms with Crippen LogP contribution in [0.3, 0.4) is 0 Å². The summed E-state index contributed by atoms with van der Waals surface area (Å²) in [5.41, 5.74) is 0.352. The number of hydrogen-bond donors (Lipinski definition) is 4. The zero-order valence-corrected chi connectivity index (χ0v) is 18.3. The van der Waals surface area contributed by atoms with Gasteiger partial charge in [0.25, 0.3) is 0 Å². The minimum Gasteiger partial charge on any atom is -0.479 e. The zero-order chi connectivity index (χ0) is 21.1. The fourth-order valence-corrected chi connectivity index (χ4v) is 8.79. The fraction of sp³-hybridized carbons (Fsp3) is 0.958. The normalized spacial score (nSPS) is 51.4. The van der Waals surface area contributed by atoms with Crippen molar-refractivity contribution >= 4 is 5.97 Å². The van der Waals surface area contributed by atoms with Gasteiger partial charge in [0, 0.05) is 0 Å². The first-order chi connectivity index (χ1) is 13.6. The third-order valence-corrected chi connectivity index (χ3v) is 10.3. The molecular weight excluding hydrogens is 368 g/mol. The molecule has 29 heavy (non-hydrogen) atoms. The van der Waals surface area contributed by atoms with Crippen molar-refractivity contribution in [3.8, 4) is 0 Å². The third kappa shape index (κ3) is 3.36. The maximum absolute atomic E-state index is 11.2. The summed E-state index contributed by atoms with van der Waals surface area (Å²) in [5, 5.41) is 40.5. The van der Waals surface area contributed by atoms with E-state index in [1.54, 1.807) is 0 Å². The Hall–Kier alpha value is -0.650. The van der Waals surface area contributed by atoms with Gasteiger partial charge in [-0.3, -0.25) is 0 Å². The minimum absolute atomic E-state index is 0.122. The van der Waals surface area contributed by atoms with Crippen LogP contribution in [0.2, 0.25) is 0 Å². The second kappa shape index (κ2) is 7.49. The molecule has 2 unspecified atom stereocenters. The monoisotopic (exact) mass is 408 g/mol. The summed E-state index contributed by atoms with van der Waals surface area (Å²) in [5.74, 6) is 1.22. The molecule has 0 bridgehead atoms. The van der Waals surface area contributed by atoms with Gasteiger partial charge in [-0.05, 0) is 104 Å². The number of hydrogen-bond acceptors (Lipinski definition) is 4. The molecule has 4 aliphatic rings. The van der Waals surface area contributed by atoms with Gasteiger partial charge in [0.15, 0.2) is 6.10 Å². The van der Waals surface area contributed by atoms with Crippen molar-refractivity contribution in [1.29, 1.82) is 0 Å². The Bertz CT molecular complexity index is 637. The molecule has 0 spiro atoms. The Labute approximate surface area is 174 Å². The first-order valence-electron chi connectivity index (χ1n) is 11.8. The molecule has 4 fully saturated rings. The fourth-order valence-electron chi connectivity index (χ4n) is 8.79. The molecule has 11 atom stereocenters. The minimum atomic E-state index is -1.28. The summed E-state index contributed by atoms with van der Waals surface area (Å²) in [6.07, 6.45) is 6.60. The van der Waals surface area contributed by atoms with Gasteiger partial charge in [-0.1, -0.05) is 20.8 Å². The van der Waals surface area contributed by atoms with Crippen LogP contribution in [-0.4, -0.2) is 44.7 Å². The molecule has 4 saturated carbocycles. The van der Waals surface area contributed by atoms with Crippen LogP contribution in [0.15, 0.2) is 0 Å². The number of carboxylic acids is 1. The number of aliphatic hydroxyl groups excluding tert-OH is 3. The lowest BCUT2D eigenvalue weighted by Gasteiger charge is -2.62. The Kier molecular flexibility index (Phi) is 5.57. The molecule has 5 nitrogen and oxygen atoms in total. The van der Waals surface area contributed by atoms with Crippen LogP contribution in [0, 0.1) is 46.3 Å². The Morgan fingerprint density at radius 1 is 1.00 bits per heavy atom. The molecule has 0 heterocycles. The van der Waals surface area contributed by atoms with E-state index in [-0.39, 0.29) is 29.0 Å². The van der Waals surface area contributed by atoms with Gasteiger partial charge in [0.2, 0.25) is 0 Å². The van der Waals surface area contributed by atoms with Crippen molar-refractivity contribution in [3.05, 3.63) is 0 Å². The maximum Gasteiger partial charge on any atom is 0.332 e. The topological polar surface area (TPSA) is 98.0 Å². The smallest absolute Gasteiger partial charge is 0.332 e. The van der Waals surface area contributed by atoms with Crippen LogP contribution in [-0.2, 0) is 4.79 Å². The summed E-state index contributed by atoms with van der Waals surface area (Å²) >= 11 is 0. The van der Waals surface area contributed by atoms with Crippen LogP contribution < -0.4 is 0 Å². The lowest BCUT2D eigenvalue weighted by molar-refractivity contribution is -0.174. The molecule has 0 aromatic carbocycles. The van der Waals surface area contributed by atoms with E-state index in [0.717, 1.165) is 51.4 Å². The van der Waals surface area contributed by atoms with Crippen LogP contribution in [0.5, 0.6) is 0 Å². The highest BCUT2D eigenvalue weighted by molar-refractivity contribution is 5.71. The molecule has 0 aromatic heterocycles. The first-order valence-corrected chi connectivity index (χ1v) is 11.8. The number of aliphatic carboxylic acids is 1. The SMILES string of the molecule is C[C@H](C[C@H](O)C(=O)O)C1CC[C@H]2[C@@H]3[C@H](O)CC4C[C@H](O)CC[C@]4(C)[C@H]3CC[C@]12C. The second-order valence-corrected chi connectivity index (χ2v) is 11.5. The van der Waals surface area contributed by atoms with E-state index in [0.29, 0.717) is 36.0 Å². The molecule has 0 aromatic rings. The van der Waals surface area contributed by atoms with Gasteiger partial charge in [0.05, 0.1) is 12.2 Å². The van der Waals surface area contributed by atoms with Gasteiger partial charge in [-0.15, -0.1) is 0 Å². The largest absolute Gasteiger partial charge is 0.479 e. The molecule has 166 valence electrons. The quantitative estimate of drug-likeness (QED) is 0.571. The van der Waals surface area contributed by atoms with Crippen molar-refractivity contribution in [2.75, 3.05) is 0 Å². The molecule has 4 rings (SSSR count). The van der Waals surface area contributed by atoms with Gasteiger partial charge in [0.1, 0.15) is 0 Å². The van der Waals surface area contributed by atoms with E-state index in [2.05, 4.69) is 20.8 Å². The summed E-state index contributed by atoms with van der Waals surface area (Å²) in [6.45, 7) is 6.91. The lowest BCUT2D eigenvalue weighted by atomic mass is 9.43. The van der Waals surface area contributed by atoms with E-state index in [1.807, 2.05) is 0 Å². The highest BCUT2D eigenvalue weighted by Gasteiger charge is 2.62. The third-order valence-electron chi connectivity index (χ3n) is 10.3. The Balaban J connectivity index is 1.56. The van der Waals surface area contributed by atoms with E-state index in [9.17, 15) is 20.1 Å². The number of rotatable bonds is 4. The first kappa shape index (κ1) is 21.6. The second-order valence-electron chi connectivity index (χ2n) is 11.5. The van der Waals surface area contributed by atoms with Crippen molar-refractivity contribution in [3.63, 3.8) is 0 Å². The van der Waals surface area contributed by atoms with Crippen molar-refractivity contribution in [2.24, 2.45) is 46.3 Å². The van der Waals surface area contributed by atoms with E-state index < -0.39 is 12.1 Å². The molecule has 4 N–H and O–H groups in total. The molecule has 0 aliphatic heterocycles. The van der Waals surface area contributed by atoms with Crippen molar-refractivity contribution in [1.82, 2.24) is 0 Å². The summed E-state index contributed by atoms with van der Waals surface area (Å²) in [7, 11) is 0. The standard InChI is InChI=1S/C24H40O5/c1-13(10-20(27)22(28)29)16-4-5-17-21-18(7-9-24(16,17)3)23(2)8-6-15(25)11-14(23)12-19(21)26/h13-21,25-27H,4-12H2,1-3H3,(H,28,29)/t13-,14?,15-,16?,17+,18+,19-,20+,21+,23+,24-/m1/s1. The van der Waals surface area contributed by atoms with Crippen LogP contribution in [0.4, 0.5) is 0 Å². The average molecular weight is 409 g/mol. The molecule has 5 heteroatoms. The maximum atomic E-state index is 11.2. The van der Waals surface area contributed by atoms with Crippen LogP contribution in [0.1, 0.15) is 78.6 Å². The molecular formula is C24H40O5. The molecule has 0 radical (unpaired) electrons. The highest BCUT2D eigenvalue weighted by Crippen LogP contribution is 2.68. The summed E-state index contributed by atoms with van der Waals surface area (Å²) < 4.78 is 0. The summed E-state index contributed by atoms with van der Waals surface area (Å²) in [4.78, 5) is 11.1. The Morgan fingerprint density at radius 3 is 2.34 bits per heavy atom. The number of aliphatic hydroxyl groups is 3. The molecule has 4 aliphatic carbocycles. The van der Waals surface area contributed by atoms with E-state index >= 15 is 0 Å². The lowest BCUT2D eigenvalue weighted by Crippen LogP contribution is -2.58. The Morgan fingerprint density at radius 2 is 1.66 bits per heavy atom. The van der Waals surface area contributed by atoms with Crippen LogP contribution >= 0.6 is 0 Å². The van der Waals surface area contributed by atoms with Gasteiger partial charge in [-0.2, -0.15) is 0 Å². The van der Waals surface area contributed by atoms with Gasteiger partial charge < -0.3 is 20.4 Å². The number of carbonyl (C=O) groups is 1. The van der Waals surface area contributed by atoms with Crippen molar-refractivity contribution in [2.45, 2.75) is 96.9 Å². The highest BCUT2D eigenvalue weighted by atomic mass is 16.4. The van der Waals surface area contributed by atoms with Gasteiger partial charge in [-0.25, -0.2) is 4.79 Å². The molecule has 0 amide bonds. The van der Waals surface area contributed by atoms with E-state index in [4.69, 9.17) is 5.11 Å². The van der Waals surface area contributed by atoms with Gasteiger partial charge >= 0.3 is 5.97 Å². The zero-order valence-electron chi connectivity index (χ0n) is 18.3. The number of fused-ring (bicyclic) bond motifs is 5. The van der Waals surface area contributed by atoms with Crippen LogP contribution in [0.25, 0.3) is 0 Å². The van der Waals surface area contributed by atoms with Crippen molar-refractivity contribution < 1.29 is 25.2 Å². The molecule has 0 saturated heterocycles.